The second-order valence-corrected chi connectivity index (χ2v) is 5.85. The summed E-state index contributed by atoms with van der Waals surface area (Å²) in [6, 6.07) is 0. The van der Waals surface area contributed by atoms with Crippen LogP contribution in [-0.4, -0.2) is 35.7 Å². The molecule has 0 amide bonds. The van der Waals surface area contributed by atoms with E-state index in [9.17, 15) is 0 Å². The van der Waals surface area contributed by atoms with Crippen LogP contribution in [0.15, 0.2) is 5.38 Å². The number of hydrogen-bond acceptors (Lipinski definition) is 5. The van der Waals surface area contributed by atoms with Crippen molar-refractivity contribution in [2.24, 2.45) is 5.73 Å². The van der Waals surface area contributed by atoms with Gasteiger partial charge in [-0.15, -0.1) is 11.3 Å². The standard InChI is InChI=1S/C12H21N3OS/c1-12(16-2)4-3-5-15(9-12)7-10-8-17-11(6-13)14-10/h8H,3-7,9,13H2,1-2H3. The number of nitrogens with zero attached hydrogens (tertiary/aromatic N) is 2. The summed E-state index contributed by atoms with van der Waals surface area (Å²) < 4.78 is 5.59. The van der Waals surface area contributed by atoms with Gasteiger partial charge in [0.25, 0.3) is 0 Å². The van der Waals surface area contributed by atoms with Gasteiger partial charge in [0, 0.05) is 32.1 Å². The van der Waals surface area contributed by atoms with Gasteiger partial charge in [-0.1, -0.05) is 0 Å². The summed E-state index contributed by atoms with van der Waals surface area (Å²) >= 11 is 1.65. The minimum atomic E-state index is 0.00493. The van der Waals surface area contributed by atoms with Crippen LogP contribution in [0.4, 0.5) is 0 Å². The Kier molecular flexibility index (Phi) is 4.14. The molecule has 2 N–H and O–H groups in total. The molecule has 0 saturated carbocycles. The van der Waals surface area contributed by atoms with E-state index < -0.39 is 0 Å². The predicted octanol–water partition coefficient (Wildman–Crippen LogP) is 1.60. The quantitative estimate of drug-likeness (QED) is 0.888. The lowest BCUT2D eigenvalue weighted by Crippen LogP contribution is -2.46. The molecular formula is C12H21N3OS. The maximum Gasteiger partial charge on any atom is 0.106 e. The maximum atomic E-state index is 5.59. The lowest BCUT2D eigenvalue weighted by Gasteiger charge is -2.39. The number of piperidine rings is 1. The minimum Gasteiger partial charge on any atom is -0.377 e. The molecule has 1 aromatic heterocycles. The Morgan fingerprint density at radius 1 is 1.65 bits per heavy atom. The Balaban J connectivity index is 1.94. The summed E-state index contributed by atoms with van der Waals surface area (Å²) in [5.41, 5.74) is 6.72. The van der Waals surface area contributed by atoms with E-state index in [4.69, 9.17) is 10.5 Å². The van der Waals surface area contributed by atoms with Crippen molar-refractivity contribution >= 4 is 11.3 Å². The summed E-state index contributed by atoms with van der Waals surface area (Å²) in [5.74, 6) is 0. The lowest BCUT2D eigenvalue weighted by atomic mass is 9.95. The van der Waals surface area contributed by atoms with Crippen LogP contribution in [0, 0.1) is 0 Å². The molecule has 1 aliphatic rings. The zero-order valence-corrected chi connectivity index (χ0v) is 11.4. The van der Waals surface area contributed by atoms with E-state index in [1.165, 1.54) is 6.42 Å². The van der Waals surface area contributed by atoms with E-state index in [0.29, 0.717) is 6.54 Å². The number of methoxy groups -OCH3 is 1. The topological polar surface area (TPSA) is 51.4 Å². The van der Waals surface area contributed by atoms with Gasteiger partial charge in [0.2, 0.25) is 0 Å². The molecule has 0 spiro atoms. The number of likely N-dealkylation sites (tertiary alicyclic amines) is 1. The predicted molar refractivity (Wildman–Crippen MR) is 69.9 cm³/mol. The number of aromatic nitrogens is 1. The number of rotatable bonds is 4. The summed E-state index contributed by atoms with van der Waals surface area (Å²) in [7, 11) is 1.80. The van der Waals surface area contributed by atoms with Crippen LogP contribution < -0.4 is 5.73 Å². The molecule has 0 aromatic carbocycles. The fourth-order valence-corrected chi connectivity index (χ4v) is 3.02. The molecule has 1 atom stereocenters. The van der Waals surface area contributed by atoms with Crippen LogP contribution in [0.5, 0.6) is 0 Å². The highest BCUT2D eigenvalue weighted by Gasteiger charge is 2.30. The van der Waals surface area contributed by atoms with Crippen LogP contribution >= 0.6 is 11.3 Å². The average molecular weight is 255 g/mol. The minimum absolute atomic E-state index is 0.00493. The second-order valence-electron chi connectivity index (χ2n) is 4.90. The van der Waals surface area contributed by atoms with Crippen molar-refractivity contribution in [1.82, 2.24) is 9.88 Å². The van der Waals surface area contributed by atoms with Gasteiger partial charge < -0.3 is 10.5 Å². The molecule has 2 rings (SSSR count). The Morgan fingerprint density at radius 2 is 2.47 bits per heavy atom. The molecule has 1 aromatic rings. The van der Waals surface area contributed by atoms with Gasteiger partial charge in [0.1, 0.15) is 5.01 Å². The molecule has 1 unspecified atom stereocenters. The third-order valence-electron chi connectivity index (χ3n) is 3.39. The Bertz CT molecular complexity index is 368. The molecule has 1 fully saturated rings. The van der Waals surface area contributed by atoms with Crippen LogP contribution in [0.2, 0.25) is 0 Å². The first-order valence-electron chi connectivity index (χ1n) is 6.06. The van der Waals surface area contributed by atoms with Gasteiger partial charge in [0.15, 0.2) is 0 Å². The third-order valence-corrected chi connectivity index (χ3v) is 4.31. The molecule has 17 heavy (non-hydrogen) atoms. The Morgan fingerprint density at radius 3 is 3.12 bits per heavy atom. The summed E-state index contributed by atoms with van der Waals surface area (Å²) in [6.07, 6.45) is 2.34. The van der Waals surface area contributed by atoms with E-state index in [1.807, 2.05) is 0 Å². The highest BCUT2D eigenvalue weighted by molar-refractivity contribution is 7.09. The monoisotopic (exact) mass is 255 g/mol. The zero-order valence-electron chi connectivity index (χ0n) is 10.6. The van der Waals surface area contributed by atoms with Crippen molar-refractivity contribution in [2.45, 2.75) is 38.5 Å². The highest BCUT2D eigenvalue weighted by Crippen LogP contribution is 2.25. The second kappa shape index (κ2) is 5.44. The van der Waals surface area contributed by atoms with E-state index in [1.54, 1.807) is 18.4 Å². The van der Waals surface area contributed by atoms with E-state index in [2.05, 4.69) is 22.2 Å². The SMILES string of the molecule is COC1(C)CCCN(Cc2csc(CN)n2)C1. The largest absolute Gasteiger partial charge is 0.377 e. The van der Waals surface area contributed by atoms with Gasteiger partial charge >= 0.3 is 0 Å². The fourth-order valence-electron chi connectivity index (χ4n) is 2.35. The average Bonchev–Trinajstić information content (AvgIpc) is 2.77. The molecule has 0 bridgehead atoms. The summed E-state index contributed by atoms with van der Waals surface area (Å²) in [5, 5.41) is 3.13. The molecular weight excluding hydrogens is 234 g/mol. The first-order valence-corrected chi connectivity index (χ1v) is 6.94. The van der Waals surface area contributed by atoms with Crippen LogP contribution in [-0.2, 0) is 17.8 Å². The van der Waals surface area contributed by atoms with E-state index in [-0.39, 0.29) is 5.60 Å². The third kappa shape index (κ3) is 3.25. The molecule has 4 nitrogen and oxygen atoms in total. The normalized spacial score (nSPS) is 26.3. The fraction of sp³-hybridized carbons (Fsp3) is 0.750. The first-order chi connectivity index (χ1) is 8.15. The number of thiazole rings is 1. The van der Waals surface area contributed by atoms with Gasteiger partial charge in [-0.25, -0.2) is 4.98 Å². The van der Waals surface area contributed by atoms with Crippen molar-refractivity contribution in [2.75, 3.05) is 20.2 Å². The van der Waals surface area contributed by atoms with Crippen LogP contribution in [0.1, 0.15) is 30.5 Å². The molecule has 0 radical (unpaired) electrons. The van der Waals surface area contributed by atoms with Gasteiger partial charge in [0.05, 0.1) is 11.3 Å². The van der Waals surface area contributed by atoms with Crippen LogP contribution in [0.3, 0.4) is 0 Å². The number of ether oxygens (including phenoxy) is 1. The van der Waals surface area contributed by atoms with Crippen LogP contribution in [0.25, 0.3) is 0 Å². The molecule has 96 valence electrons. The summed E-state index contributed by atoms with van der Waals surface area (Å²) in [6.45, 7) is 5.76. The zero-order chi connectivity index (χ0) is 12.3. The van der Waals surface area contributed by atoms with E-state index in [0.717, 1.165) is 36.8 Å². The lowest BCUT2D eigenvalue weighted by molar-refractivity contribution is -0.0529. The molecule has 0 aliphatic carbocycles. The van der Waals surface area contributed by atoms with Gasteiger partial charge in [-0.2, -0.15) is 0 Å². The molecule has 1 aliphatic heterocycles. The van der Waals surface area contributed by atoms with Crippen molar-refractivity contribution in [3.8, 4) is 0 Å². The molecule has 2 heterocycles. The number of nitrogens with two attached hydrogens (primary N) is 1. The van der Waals surface area contributed by atoms with Gasteiger partial charge in [-0.3, -0.25) is 4.90 Å². The smallest absolute Gasteiger partial charge is 0.106 e. The van der Waals surface area contributed by atoms with Crippen molar-refractivity contribution in [3.63, 3.8) is 0 Å². The first kappa shape index (κ1) is 13.0. The number of hydrogen-bond donors (Lipinski definition) is 1. The van der Waals surface area contributed by atoms with Crippen molar-refractivity contribution in [1.29, 1.82) is 0 Å². The van der Waals surface area contributed by atoms with E-state index >= 15 is 0 Å². The Labute approximate surface area is 107 Å². The van der Waals surface area contributed by atoms with Crippen molar-refractivity contribution in [3.05, 3.63) is 16.1 Å². The summed E-state index contributed by atoms with van der Waals surface area (Å²) in [4.78, 5) is 6.93. The van der Waals surface area contributed by atoms with Crippen molar-refractivity contribution < 1.29 is 4.74 Å². The Hall–Kier alpha value is -0.490. The maximum absolute atomic E-state index is 5.59. The highest BCUT2D eigenvalue weighted by atomic mass is 32.1. The van der Waals surface area contributed by atoms with Gasteiger partial charge in [-0.05, 0) is 26.3 Å². The molecule has 1 saturated heterocycles. The molecule has 5 heteroatoms.